The van der Waals surface area contributed by atoms with Gasteiger partial charge in [0.15, 0.2) is 0 Å². The third kappa shape index (κ3) is 2.99. The molecule has 0 heterocycles. The molecule has 18 heavy (non-hydrogen) atoms. The summed E-state index contributed by atoms with van der Waals surface area (Å²) >= 11 is 5.40. The second-order valence-electron chi connectivity index (χ2n) is 3.53. The fourth-order valence-electron chi connectivity index (χ4n) is 1.45. The van der Waals surface area contributed by atoms with E-state index in [4.69, 9.17) is 0 Å². The van der Waals surface area contributed by atoms with Crippen LogP contribution in [0.25, 0.3) is 0 Å². The van der Waals surface area contributed by atoms with E-state index in [1.54, 1.807) is 12.1 Å². The molecule has 2 aromatic carbocycles. The molecule has 0 unspecified atom stereocenters. The standard InChI is InChI=1S/C12H8BrIN2O2/c13-9-3-1-2-4-11(9)15-8-5-6-12(16(17)18)10(14)7-8/h1-7,15H. The van der Waals surface area contributed by atoms with Gasteiger partial charge in [0.2, 0.25) is 0 Å². The summed E-state index contributed by atoms with van der Waals surface area (Å²) in [6, 6.07) is 12.6. The second kappa shape index (κ2) is 5.66. The minimum atomic E-state index is -0.385. The number of para-hydroxylation sites is 1. The van der Waals surface area contributed by atoms with Crippen LogP contribution in [0.4, 0.5) is 17.1 Å². The average molecular weight is 419 g/mol. The number of rotatable bonds is 3. The molecule has 0 bridgehead atoms. The van der Waals surface area contributed by atoms with Gasteiger partial charge in [0.25, 0.3) is 5.69 Å². The first-order valence-electron chi connectivity index (χ1n) is 5.03. The van der Waals surface area contributed by atoms with E-state index >= 15 is 0 Å². The molecule has 4 nitrogen and oxygen atoms in total. The van der Waals surface area contributed by atoms with Crippen LogP contribution in [0.2, 0.25) is 0 Å². The van der Waals surface area contributed by atoms with Gasteiger partial charge in [-0.3, -0.25) is 10.1 Å². The summed E-state index contributed by atoms with van der Waals surface area (Å²) in [5.41, 5.74) is 1.85. The molecular weight excluding hydrogens is 411 g/mol. The second-order valence-corrected chi connectivity index (χ2v) is 5.54. The van der Waals surface area contributed by atoms with Crippen LogP contribution in [0.5, 0.6) is 0 Å². The van der Waals surface area contributed by atoms with E-state index in [9.17, 15) is 10.1 Å². The monoisotopic (exact) mass is 418 g/mol. The Kier molecular flexibility index (Phi) is 4.18. The Morgan fingerprint density at radius 2 is 1.94 bits per heavy atom. The predicted molar refractivity (Wildman–Crippen MR) is 83.2 cm³/mol. The average Bonchev–Trinajstić information content (AvgIpc) is 2.32. The first kappa shape index (κ1) is 13.3. The number of hydrogen-bond donors (Lipinski definition) is 1. The number of anilines is 2. The lowest BCUT2D eigenvalue weighted by molar-refractivity contribution is -0.385. The molecular formula is C12H8BrIN2O2. The summed E-state index contributed by atoms with van der Waals surface area (Å²) in [6.45, 7) is 0. The molecule has 0 fully saturated rings. The lowest BCUT2D eigenvalue weighted by Gasteiger charge is -2.08. The van der Waals surface area contributed by atoms with Gasteiger partial charge in [-0.15, -0.1) is 0 Å². The van der Waals surface area contributed by atoms with Crippen molar-refractivity contribution in [3.05, 3.63) is 60.6 Å². The van der Waals surface area contributed by atoms with Crippen molar-refractivity contribution in [1.29, 1.82) is 0 Å². The van der Waals surface area contributed by atoms with Crippen molar-refractivity contribution in [1.82, 2.24) is 0 Å². The number of benzene rings is 2. The van der Waals surface area contributed by atoms with Gasteiger partial charge in [0.05, 0.1) is 14.2 Å². The molecule has 1 N–H and O–H groups in total. The molecule has 0 aliphatic heterocycles. The minimum Gasteiger partial charge on any atom is -0.355 e. The van der Waals surface area contributed by atoms with Crippen LogP contribution in [-0.4, -0.2) is 4.92 Å². The van der Waals surface area contributed by atoms with Crippen molar-refractivity contribution in [2.24, 2.45) is 0 Å². The predicted octanol–water partition coefficient (Wildman–Crippen LogP) is 4.71. The van der Waals surface area contributed by atoms with Gasteiger partial charge >= 0.3 is 0 Å². The van der Waals surface area contributed by atoms with Crippen LogP contribution in [0.15, 0.2) is 46.9 Å². The summed E-state index contributed by atoms with van der Waals surface area (Å²) < 4.78 is 1.55. The molecule has 0 saturated carbocycles. The van der Waals surface area contributed by atoms with E-state index in [-0.39, 0.29) is 10.6 Å². The highest BCUT2D eigenvalue weighted by Gasteiger charge is 2.11. The fraction of sp³-hybridized carbons (Fsp3) is 0. The van der Waals surface area contributed by atoms with Crippen LogP contribution in [0.1, 0.15) is 0 Å². The van der Waals surface area contributed by atoms with Gasteiger partial charge in [-0.2, -0.15) is 0 Å². The zero-order valence-electron chi connectivity index (χ0n) is 9.06. The van der Waals surface area contributed by atoms with E-state index in [0.717, 1.165) is 15.8 Å². The topological polar surface area (TPSA) is 55.2 Å². The van der Waals surface area contributed by atoms with Gasteiger partial charge in [-0.25, -0.2) is 0 Å². The summed E-state index contributed by atoms with van der Waals surface area (Å²) in [5, 5.41) is 13.9. The maximum absolute atomic E-state index is 10.7. The van der Waals surface area contributed by atoms with Crippen LogP contribution < -0.4 is 5.32 Å². The summed E-state index contributed by atoms with van der Waals surface area (Å²) in [7, 11) is 0. The molecule has 2 rings (SSSR count). The number of hydrogen-bond acceptors (Lipinski definition) is 3. The highest BCUT2D eigenvalue weighted by molar-refractivity contribution is 14.1. The van der Waals surface area contributed by atoms with Gasteiger partial charge in [0.1, 0.15) is 0 Å². The number of nitrogens with one attached hydrogen (secondary N) is 1. The Hall–Kier alpha value is -1.15. The third-order valence-corrected chi connectivity index (χ3v) is 3.85. The van der Waals surface area contributed by atoms with Gasteiger partial charge in [-0.05, 0) is 62.8 Å². The molecule has 0 saturated heterocycles. The largest absolute Gasteiger partial charge is 0.355 e. The Balaban J connectivity index is 2.29. The maximum Gasteiger partial charge on any atom is 0.282 e. The normalized spacial score (nSPS) is 10.1. The highest BCUT2D eigenvalue weighted by Crippen LogP contribution is 2.29. The van der Waals surface area contributed by atoms with Gasteiger partial charge in [-0.1, -0.05) is 12.1 Å². The molecule has 0 amide bonds. The van der Waals surface area contributed by atoms with Gasteiger partial charge < -0.3 is 5.32 Å². The van der Waals surface area contributed by atoms with Crippen LogP contribution >= 0.6 is 38.5 Å². The van der Waals surface area contributed by atoms with E-state index < -0.39 is 0 Å². The maximum atomic E-state index is 10.7. The van der Waals surface area contributed by atoms with Crippen molar-refractivity contribution < 1.29 is 4.92 Å². The summed E-state index contributed by atoms with van der Waals surface area (Å²) in [6.07, 6.45) is 0. The minimum absolute atomic E-state index is 0.119. The third-order valence-electron chi connectivity index (χ3n) is 2.30. The lowest BCUT2D eigenvalue weighted by atomic mass is 10.2. The molecule has 0 atom stereocenters. The SMILES string of the molecule is O=[N+]([O-])c1ccc(Nc2ccccc2Br)cc1I. The van der Waals surface area contributed by atoms with Gasteiger partial charge in [0, 0.05) is 16.2 Å². The quantitative estimate of drug-likeness (QED) is 0.446. The van der Waals surface area contributed by atoms with Crippen LogP contribution in [0, 0.1) is 13.7 Å². The Morgan fingerprint density at radius 3 is 2.56 bits per heavy atom. The zero-order chi connectivity index (χ0) is 13.1. The van der Waals surface area contributed by atoms with Crippen molar-refractivity contribution in [3.8, 4) is 0 Å². The Labute approximate surface area is 126 Å². The fourth-order valence-corrected chi connectivity index (χ4v) is 2.55. The Bertz CT molecular complexity index is 604. The van der Waals surface area contributed by atoms with Crippen LogP contribution in [0.3, 0.4) is 0 Å². The summed E-state index contributed by atoms with van der Waals surface area (Å²) in [5.74, 6) is 0. The number of nitro groups is 1. The molecule has 92 valence electrons. The molecule has 2 aromatic rings. The number of nitro benzene ring substituents is 1. The lowest BCUT2D eigenvalue weighted by Crippen LogP contribution is -1.95. The smallest absolute Gasteiger partial charge is 0.282 e. The first-order valence-corrected chi connectivity index (χ1v) is 6.90. The molecule has 0 radical (unpaired) electrons. The van der Waals surface area contributed by atoms with Crippen LogP contribution in [-0.2, 0) is 0 Å². The van der Waals surface area contributed by atoms with Crippen molar-refractivity contribution in [2.75, 3.05) is 5.32 Å². The molecule has 0 spiro atoms. The van der Waals surface area contributed by atoms with E-state index in [2.05, 4.69) is 21.2 Å². The van der Waals surface area contributed by atoms with Crippen molar-refractivity contribution in [3.63, 3.8) is 0 Å². The van der Waals surface area contributed by atoms with E-state index in [1.165, 1.54) is 6.07 Å². The molecule has 0 aliphatic rings. The van der Waals surface area contributed by atoms with Crippen molar-refractivity contribution >= 4 is 55.6 Å². The zero-order valence-corrected chi connectivity index (χ0v) is 12.8. The highest BCUT2D eigenvalue weighted by atomic mass is 127. The van der Waals surface area contributed by atoms with E-state index in [0.29, 0.717) is 3.57 Å². The molecule has 6 heteroatoms. The Morgan fingerprint density at radius 1 is 1.22 bits per heavy atom. The van der Waals surface area contributed by atoms with E-state index in [1.807, 2.05) is 46.9 Å². The van der Waals surface area contributed by atoms with Crippen molar-refractivity contribution in [2.45, 2.75) is 0 Å². The molecule has 0 aromatic heterocycles. The molecule has 0 aliphatic carbocycles. The number of nitrogens with zero attached hydrogens (tertiary/aromatic N) is 1. The first-order chi connectivity index (χ1) is 8.58. The summed E-state index contributed by atoms with van der Waals surface area (Å²) in [4.78, 5) is 10.3. The number of halogens is 2.